The Morgan fingerprint density at radius 3 is 2.73 bits per heavy atom. The van der Waals surface area contributed by atoms with Crippen LogP contribution in [0.15, 0.2) is 53.5 Å². The van der Waals surface area contributed by atoms with Crippen molar-refractivity contribution in [2.45, 2.75) is 6.42 Å². The summed E-state index contributed by atoms with van der Waals surface area (Å²) < 4.78 is 0. The molecule has 1 aliphatic rings. The van der Waals surface area contributed by atoms with Crippen LogP contribution < -0.4 is 10.6 Å². The maximum absolute atomic E-state index is 12.9. The SMILES string of the molecule is NC(CCl)=Nc1ccccc1C(=O)N1CCc2ccccc21. The summed E-state index contributed by atoms with van der Waals surface area (Å²) in [6.45, 7) is 0.682. The fraction of sp³-hybridized carbons (Fsp3) is 0.176. The summed E-state index contributed by atoms with van der Waals surface area (Å²) in [7, 11) is 0. The van der Waals surface area contributed by atoms with Crippen LogP contribution >= 0.6 is 11.6 Å². The average molecular weight is 314 g/mol. The molecule has 4 nitrogen and oxygen atoms in total. The predicted octanol–water partition coefficient (Wildman–Crippen LogP) is 3.12. The number of fused-ring (bicyclic) bond motifs is 1. The Bertz CT molecular complexity index is 742. The van der Waals surface area contributed by atoms with Crippen LogP contribution in [0, 0.1) is 0 Å². The monoisotopic (exact) mass is 313 g/mol. The number of halogens is 1. The van der Waals surface area contributed by atoms with Gasteiger partial charge in [-0.1, -0.05) is 30.3 Å². The van der Waals surface area contributed by atoms with Gasteiger partial charge in [-0.3, -0.25) is 4.79 Å². The third-order valence-electron chi connectivity index (χ3n) is 3.67. The topological polar surface area (TPSA) is 58.7 Å². The molecule has 2 aromatic carbocycles. The Morgan fingerprint density at radius 2 is 1.91 bits per heavy atom. The van der Waals surface area contributed by atoms with E-state index in [2.05, 4.69) is 11.1 Å². The molecule has 0 fully saturated rings. The van der Waals surface area contributed by atoms with E-state index >= 15 is 0 Å². The number of carbonyl (C=O) groups excluding carboxylic acids is 1. The van der Waals surface area contributed by atoms with Crippen molar-refractivity contribution < 1.29 is 4.79 Å². The second-order valence-electron chi connectivity index (χ2n) is 5.09. The second kappa shape index (κ2) is 6.20. The largest absolute Gasteiger partial charge is 0.386 e. The number of anilines is 1. The minimum absolute atomic E-state index is 0.0633. The highest BCUT2D eigenvalue weighted by atomic mass is 35.5. The Balaban J connectivity index is 1.98. The van der Waals surface area contributed by atoms with Gasteiger partial charge in [0.2, 0.25) is 0 Å². The van der Waals surface area contributed by atoms with E-state index in [1.165, 1.54) is 5.56 Å². The number of nitrogens with zero attached hydrogens (tertiary/aromatic N) is 2. The van der Waals surface area contributed by atoms with Gasteiger partial charge in [0, 0.05) is 12.2 Å². The molecule has 2 N–H and O–H groups in total. The maximum Gasteiger partial charge on any atom is 0.260 e. The summed E-state index contributed by atoms with van der Waals surface area (Å²) in [6, 6.07) is 15.2. The van der Waals surface area contributed by atoms with Crippen molar-refractivity contribution in [2.24, 2.45) is 10.7 Å². The van der Waals surface area contributed by atoms with Crippen molar-refractivity contribution in [3.63, 3.8) is 0 Å². The molecule has 22 heavy (non-hydrogen) atoms. The highest BCUT2D eigenvalue weighted by molar-refractivity contribution is 6.28. The highest BCUT2D eigenvalue weighted by Gasteiger charge is 2.26. The zero-order chi connectivity index (χ0) is 15.5. The normalized spacial score (nSPS) is 14.0. The molecule has 1 aliphatic heterocycles. The second-order valence-corrected chi connectivity index (χ2v) is 5.36. The predicted molar refractivity (Wildman–Crippen MR) is 90.3 cm³/mol. The highest BCUT2D eigenvalue weighted by Crippen LogP contribution is 2.30. The molecule has 0 bridgehead atoms. The van der Waals surface area contributed by atoms with E-state index in [4.69, 9.17) is 17.3 Å². The number of alkyl halides is 1. The van der Waals surface area contributed by atoms with Crippen LogP contribution in [0.25, 0.3) is 0 Å². The Kier molecular flexibility index (Phi) is 4.11. The van der Waals surface area contributed by atoms with E-state index in [9.17, 15) is 4.79 Å². The number of benzene rings is 2. The van der Waals surface area contributed by atoms with E-state index in [1.54, 1.807) is 17.0 Å². The van der Waals surface area contributed by atoms with Crippen LogP contribution in [0.1, 0.15) is 15.9 Å². The average Bonchev–Trinajstić information content (AvgIpc) is 2.98. The van der Waals surface area contributed by atoms with Crippen molar-refractivity contribution in [1.82, 2.24) is 0 Å². The molecule has 0 aliphatic carbocycles. The molecule has 3 rings (SSSR count). The van der Waals surface area contributed by atoms with E-state index in [0.29, 0.717) is 23.6 Å². The summed E-state index contributed by atoms with van der Waals surface area (Å²) in [6.07, 6.45) is 0.872. The fourth-order valence-corrected chi connectivity index (χ4v) is 2.69. The van der Waals surface area contributed by atoms with Gasteiger partial charge in [0.05, 0.1) is 17.1 Å². The van der Waals surface area contributed by atoms with Gasteiger partial charge >= 0.3 is 0 Å². The zero-order valence-corrected chi connectivity index (χ0v) is 12.8. The molecule has 5 heteroatoms. The first-order valence-electron chi connectivity index (χ1n) is 7.08. The molecule has 0 saturated carbocycles. The maximum atomic E-state index is 12.9. The summed E-state index contributed by atoms with van der Waals surface area (Å²) in [5, 5.41) is 0. The first-order chi connectivity index (χ1) is 10.7. The lowest BCUT2D eigenvalue weighted by atomic mass is 10.1. The number of rotatable bonds is 3. The van der Waals surface area contributed by atoms with Crippen LogP contribution in [0.5, 0.6) is 0 Å². The molecular weight excluding hydrogens is 298 g/mol. The molecule has 1 heterocycles. The number of nitrogens with two attached hydrogens (primary N) is 1. The molecule has 112 valence electrons. The lowest BCUT2D eigenvalue weighted by Crippen LogP contribution is -2.29. The fourth-order valence-electron chi connectivity index (χ4n) is 2.63. The van der Waals surface area contributed by atoms with E-state index in [1.807, 2.05) is 30.3 Å². The van der Waals surface area contributed by atoms with Crippen LogP contribution in [0.2, 0.25) is 0 Å². The third kappa shape index (κ3) is 2.70. The van der Waals surface area contributed by atoms with Crippen LogP contribution in [-0.4, -0.2) is 24.2 Å². The van der Waals surface area contributed by atoms with Crippen molar-refractivity contribution >= 4 is 34.7 Å². The number of aliphatic imine (C=N–C) groups is 1. The van der Waals surface area contributed by atoms with E-state index in [0.717, 1.165) is 12.1 Å². The molecule has 0 unspecified atom stereocenters. The van der Waals surface area contributed by atoms with E-state index in [-0.39, 0.29) is 11.8 Å². The number of amides is 1. The standard InChI is InChI=1S/C17H16ClN3O/c18-11-16(19)20-14-7-3-2-6-13(14)17(22)21-10-9-12-5-1-4-8-15(12)21/h1-8H,9-11H2,(H2,19,20). The summed E-state index contributed by atoms with van der Waals surface area (Å²) >= 11 is 5.68. The first kappa shape index (κ1) is 14.6. The number of amidine groups is 1. The van der Waals surface area contributed by atoms with Crippen molar-refractivity contribution in [3.8, 4) is 0 Å². The van der Waals surface area contributed by atoms with E-state index < -0.39 is 0 Å². The van der Waals surface area contributed by atoms with Gasteiger partial charge in [-0.2, -0.15) is 0 Å². The molecular formula is C17H16ClN3O. The molecule has 0 radical (unpaired) electrons. The van der Waals surface area contributed by atoms with Crippen LogP contribution in [0.4, 0.5) is 11.4 Å². The Morgan fingerprint density at radius 1 is 1.18 bits per heavy atom. The minimum atomic E-state index is -0.0633. The summed E-state index contributed by atoms with van der Waals surface area (Å²) in [5.41, 5.74) is 8.94. The van der Waals surface area contributed by atoms with Gasteiger partial charge in [-0.05, 0) is 30.2 Å². The quantitative estimate of drug-likeness (QED) is 0.537. The van der Waals surface area contributed by atoms with Crippen LogP contribution in [-0.2, 0) is 6.42 Å². The summed E-state index contributed by atoms with van der Waals surface area (Å²) in [5.74, 6) is 0.366. The Hall–Kier alpha value is -2.33. The van der Waals surface area contributed by atoms with Gasteiger partial charge in [0.1, 0.15) is 5.84 Å². The van der Waals surface area contributed by atoms with Crippen molar-refractivity contribution in [2.75, 3.05) is 17.3 Å². The van der Waals surface area contributed by atoms with Crippen molar-refractivity contribution in [3.05, 3.63) is 59.7 Å². The summed E-state index contributed by atoms with van der Waals surface area (Å²) in [4.78, 5) is 18.9. The molecule has 1 amide bonds. The van der Waals surface area contributed by atoms with Crippen LogP contribution in [0.3, 0.4) is 0 Å². The third-order valence-corrected chi connectivity index (χ3v) is 3.94. The molecule has 2 aromatic rings. The number of hydrogen-bond donors (Lipinski definition) is 1. The lowest BCUT2D eigenvalue weighted by Gasteiger charge is -2.18. The molecule has 0 spiro atoms. The van der Waals surface area contributed by atoms with Gasteiger partial charge in [-0.15, -0.1) is 11.6 Å². The number of hydrogen-bond acceptors (Lipinski definition) is 2. The Labute approximate surface area is 134 Å². The molecule has 0 atom stereocenters. The lowest BCUT2D eigenvalue weighted by molar-refractivity contribution is 0.0990. The number of para-hydroxylation sites is 2. The number of carbonyl (C=O) groups is 1. The zero-order valence-electron chi connectivity index (χ0n) is 12.0. The van der Waals surface area contributed by atoms with Gasteiger partial charge in [0.15, 0.2) is 0 Å². The van der Waals surface area contributed by atoms with Crippen molar-refractivity contribution in [1.29, 1.82) is 0 Å². The van der Waals surface area contributed by atoms with Gasteiger partial charge in [-0.25, -0.2) is 4.99 Å². The first-order valence-corrected chi connectivity index (χ1v) is 7.62. The molecule has 0 aromatic heterocycles. The van der Waals surface area contributed by atoms with Gasteiger partial charge < -0.3 is 10.6 Å². The minimum Gasteiger partial charge on any atom is -0.386 e. The smallest absolute Gasteiger partial charge is 0.260 e. The van der Waals surface area contributed by atoms with Gasteiger partial charge in [0.25, 0.3) is 5.91 Å². The molecule has 0 saturated heterocycles.